The smallest absolute Gasteiger partial charge is 0.335 e. The zero-order valence-electron chi connectivity index (χ0n) is 22.7. The number of ether oxygens (including phenoxy) is 1. The van der Waals surface area contributed by atoms with Crippen molar-refractivity contribution in [3.8, 4) is 5.75 Å². The van der Waals surface area contributed by atoms with Crippen LogP contribution in [-0.4, -0.2) is 64.3 Å². The van der Waals surface area contributed by atoms with Crippen molar-refractivity contribution < 1.29 is 24.2 Å². The number of piperidine rings is 1. The molecule has 0 bridgehead atoms. The van der Waals surface area contributed by atoms with E-state index in [-0.39, 0.29) is 43.1 Å². The molecule has 1 fully saturated rings. The molecule has 5 rings (SSSR count). The van der Waals surface area contributed by atoms with Crippen molar-refractivity contribution in [3.63, 3.8) is 0 Å². The summed E-state index contributed by atoms with van der Waals surface area (Å²) < 4.78 is 6.16. The minimum Gasteiger partial charge on any atom is -0.490 e. The van der Waals surface area contributed by atoms with E-state index >= 15 is 0 Å². The Labute approximate surface area is 243 Å². The zero-order chi connectivity index (χ0) is 29.1. The molecule has 0 aromatic heterocycles. The first-order chi connectivity index (χ1) is 19.7. The Balaban J connectivity index is 1.35. The zero-order valence-corrected chi connectivity index (χ0v) is 23.4. The van der Waals surface area contributed by atoms with E-state index in [0.717, 1.165) is 37.2 Å². The Morgan fingerprint density at radius 2 is 1.61 bits per heavy atom. The molecule has 2 aliphatic heterocycles. The average molecular weight is 575 g/mol. The lowest BCUT2D eigenvalue weighted by Gasteiger charge is -2.32. The minimum atomic E-state index is -1.10. The molecule has 2 amide bonds. The highest BCUT2D eigenvalue weighted by molar-refractivity contribution is 6.30. The number of carboxylic acid groups (broad SMARTS) is 1. The van der Waals surface area contributed by atoms with Gasteiger partial charge in [-0.1, -0.05) is 29.8 Å². The molecule has 2 heterocycles. The summed E-state index contributed by atoms with van der Waals surface area (Å²) in [5, 5.41) is 17.9. The number of aromatic carboxylic acids is 1. The maximum Gasteiger partial charge on any atom is 0.335 e. The highest BCUT2D eigenvalue weighted by Gasteiger charge is 2.30. The van der Waals surface area contributed by atoms with Crippen LogP contribution in [0.2, 0.25) is 5.02 Å². The van der Waals surface area contributed by atoms with E-state index < -0.39 is 5.97 Å². The second-order valence-electron chi connectivity index (χ2n) is 10.3. The molecule has 0 spiro atoms. The number of anilines is 1. The molecule has 9 nitrogen and oxygen atoms in total. The normalized spacial score (nSPS) is 15.8. The van der Waals surface area contributed by atoms with Gasteiger partial charge in [0, 0.05) is 48.7 Å². The second-order valence-corrected chi connectivity index (χ2v) is 10.8. The fourth-order valence-corrected chi connectivity index (χ4v) is 5.30. The maximum absolute atomic E-state index is 13.6. The molecule has 0 unspecified atom stereocenters. The van der Waals surface area contributed by atoms with Gasteiger partial charge >= 0.3 is 5.97 Å². The minimum absolute atomic E-state index is 0.0621. The van der Waals surface area contributed by atoms with Crippen molar-refractivity contribution in [2.24, 2.45) is 0 Å². The second kappa shape index (κ2) is 12.0. The van der Waals surface area contributed by atoms with Crippen molar-refractivity contribution in [3.05, 3.63) is 94.0 Å². The first-order valence-corrected chi connectivity index (χ1v) is 13.8. The van der Waals surface area contributed by atoms with Crippen LogP contribution >= 0.6 is 11.6 Å². The Morgan fingerprint density at radius 3 is 2.24 bits per heavy atom. The van der Waals surface area contributed by atoms with Gasteiger partial charge in [0.1, 0.15) is 18.4 Å². The predicted molar refractivity (Wildman–Crippen MR) is 156 cm³/mol. The Morgan fingerprint density at radius 1 is 0.951 bits per heavy atom. The van der Waals surface area contributed by atoms with Crippen LogP contribution in [0.4, 0.5) is 5.69 Å². The molecule has 0 aliphatic carbocycles. The van der Waals surface area contributed by atoms with E-state index in [1.807, 2.05) is 29.2 Å². The Hall–Kier alpha value is -4.37. The molecule has 2 aliphatic rings. The summed E-state index contributed by atoms with van der Waals surface area (Å²) in [5.41, 5.74) is 2.45. The number of hydrogen-bond donors (Lipinski definition) is 2. The number of amidine groups is 1. The van der Waals surface area contributed by atoms with Crippen LogP contribution in [0.1, 0.15) is 51.6 Å². The van der Waals surface area contributed by atoms with Crippen molar-refractivity contribution in [1.29, 1.82) is 5.41 Å². The van der Waals surface area contributed by atoms with Gasteiger partial charge in [0.25, 0.3) is 5.91 Å². The van der Waals surface area contributed by atoms with Gasteiger partial charge in [-0.05, 0) is 66.6 Å². The number of amides is 2. The van der Waals surface area contributed by atoms with Crippen LogP contribution in [0.15, 0.2) is 66.7 Å². The van der Waals surface area contributed by atoms with E-state index in [0.29, 0.717) is 27.7 Å². The monoisotopic (exact) mass is 574 g/mol. The van der Waals surface area contributed by atoms with Crippen molar-refractivity contribution >= 4 is 40.9 Å². The van der Waals surface area contributed by atoms with Gasteiger partial charge in [0.05, 0.1) is 17.9 Å². The topological polar surface area (TPSA) is 114 Å². The van der Waals surface area contributed by atoms with Crippen molar-refractivity contribution in [2.75, 3.05) is 24.5 Å². The van der Waals surface area contributed by atoms with Gasteiger partial charge in [-0.3, -0.25) is 15.0 Å². The van der Waals surface area contributed by atoms with E-state index in [2.05, 4.69) is 0 Å². The molecule has 0 radical (unpaired) electrons. The molecule has 0 atom stereocenters. The van der Waals surface area contributed by atoms with E-state index in [1.54, 1.807) is 42.2 Å². The third-order valence-electron chi connectivity index (χ3n) is 7.47. The number of hydrogen-bond acceptors (Lipinski definition) is 5. The fourth-order valence-electron chi connectivity index (χ4n) is 5.18. The third kappa shape index (κ3) is 6.52. The fraction of sp³-hybridized carbons (Fsp3) is 0.290. The van der Waals surface area contributed by atoms with Crippen LogP contribution in [-0.2, 0) is 17.9 Å². The number of fused-ring (bicyclic) bond motifs is 1. The summed E-state index contributed by atoms with van der Waals surface area (Å²) in [7, 11) is 0. The predicted octanol–water partition coefficient (Wildman–Crippen LogP) is 5.07. The molecule has 41 heavy (non-hydrogen) atoms. The van der Waals surface area contributed by atoms with Crippen molar-refractivity contribution in [1.82, 2.24) is 9.80 Å². The number of carbonyl (C=O) groups is 3. The number of benzene rings is 3. The highest BCUT2D eigenvalue weighted by atomic mass is 35.5. The number of nitrogens with one attached hydrogen (secondary N) is 1. The van der Waals surface area contributed by atoms with Gasteiger partial charge in [0.2, 0.25) is 5.91 Å². The molecule has 10 heteroatoms. The number of carboxylic acids is 1. The Bertz CT molecular complexity index is 1470. The first-order valence-electron chi connectivity index (χ1n) is 13.4. The molecule has 2 N–H and O–H groups in total. The maximum atomic E-state index is 13.6. The standard InChI is InChI=1S/C31H31ClN4O5/c1-20(33)34-14-12-27(13-15-34)41-26-10-2-21(3-11-26)17-36-28-16-23(31(39)40)4-5-24(28)18-35(19-29(36)37)30(38)22-6-8-25(32)9-7-22/h2-11,16,27,33H,12-15,17-19H2,1H3,(H,39,40). The molecule has 0 saturated carbocycles. The van der Waals surface area contributed by atoms with Crippen molar-refractivity contribution in [2.45, 2.75) is 39.0 Å². The van der Waals surface area contributed by atoms with Crippen LogP contribution in [0.3, 0.4) is 0 Å². The third-order valence-corrected chi connectivity index (χ3v) is 7.72. The molecule has 1 saturated heterocycles. The summed E-state index contributed by atoms with van der Waals surface area (Å²) >= 11 is 5.98. The molecule has 3 aromatic rings. The van der Waals surface area contributed by atoms with Gasteiger partial charge in [-0.15, -0.1) is 0 Å². The average Bonchev–Trinajstić information content (AvgIpc) is 3.10. The van der Waals surface area contributed by atoms with Gasteiger partial charge < -0.3 is 24.5 Å². The lowest BCUT2D eigenvalue weighted by atomic mass is 10.1. The summed E-state index contributed by atoms with van der Waals surface area (Å²) in [6.45, 7) is 3.59. The first kappa shape index (κ1) is 28.2. The molecule has 3 aromatic carbocycles. The van der Waals surface area contributed by atoms with Gasteiger partial charge in [-0.25, -0.2) is 4.79 Å². The highest BCUT2D eigenvalue weighted by Crippen LogP contribution is 2.30. The number of carbonyl (C=O) groups excluding carboxylic acids is 2. The van der Waals surface area contributed by atoms with E-state index in [9.17, 15) is 19.5 Å². The Kier molecular flexibility index (Phi) is 8.26. The molecule has 212 valence electrons. The van der Waals surface area contributed by atoms with Crippen LogP contribution in [0, 0.1) is 5.41 Å². The SMILES string of the molecule is CC(=N)N1CCC(Oc2ccc(CN3C(=O)CN(C(=O)c4ccc(Cl)cc4)Cc4ccc(C(=O)O)cc43)cc2)CC1. The number of halogens is 1. The number of likely N-dealkylation sites (tertiary alicyclic amines) is 1. The van der Waals surface area contributed by atoms with Crippen LogP contribution < -0.4 is 9.64 Å². The summed E-state index contributed by atoms with van der Waals surface area (Å²) in [5.74, 6) is -0.420. The summed E-state index contributed by atoms with van der Waals surface area (Å²) in [6, 6.07) is 18.7. The lowest BCUT2D eigenvalue weighted by molar-refractivity contribution is -0.119. The molecular weight excluding hydrogens is 544 g/mol. The van der Waals surface area contributed by atoms with Crippen LogP contribution in [0.5, 0.6) is 5.75 Å². The van der Waals surface area contributed by atoms with Gasteiger partial charge in [-0.2, -0.15) is 0 Å². The van der Waals surface area contributed by atoms with Crippen LogP contribution in [0.25, 0.3) is 0 Å². The largest absolute Gasteiger partial charge is 0.490 e. The number of rotatable bonds is 6. The van der Waals surface area contributed by atoms with E-state index in [1.165, 1.54) is 17.0 Å². The van der Waals surface area contributed by atoms with Gasteiger partial charge in [0.15, 0.2) is 0 Å². The summed E-state index contributed by atoms with van der Waals surface area (Å²) in [4.78, 5) is 43.7. The summed E-state index contributed by atoms with van der Waals surface area (Å²) in [6.07, 6.45) is 1.76. The quantitative estimate of drug-likeness (QED) is 0.314. The van der Waals surface area contributed by atoms with E-state index in [4.69, 9.17) is 21.7 Å². The number of nitrogens with zero attached hydrogens (tertiary/aromatic N) is 3. The molecular formula is C31H31ClN4O5. The lowest BCUT2D eigenvalue weighted by Crippen LogP contribution is -2.40.